The Balaban J connectivity index is 1.55. The molecular formula is C19H22F3N5O. The van der Waals surface area contributed by atoms with Crippen LogP contribution in [0.1, 0.15) is 0 Å². The lowest BCUT2D eigenvalue weighted by molar-refractivity contribution is -0.159. The number of likely N-dealkylation sites (N-methyl/N-ethyl adjacent to an activating group) is 1. The summed E-state index contributed by atoms with van der Waals surface area (Å²) >= 11 is 0. The number of piperazine rings is 1. The summed E-state index contributed by atoms with van der Waals surface area (Å²) in [5.41, 5.74) is 0.932. The summed E-state index contributed by atoms with van der Waals surface area (Å²) in [6, 6.07) is 11.5. The third-order valence-corrected chi connectivity index (χ3v) is 4.57. The Morgan fingerprint density at radius 1 is 1.11 bits per heavy atom. The molecule has 1 fully saturated rings. The second-order valence-corrected chi connectivity index (χ2v) is 6.73. The average Bonchev–Trinajstić information content (AvgIpc) is 2.68. The zero-order valence-electron chi connectivity index (χ0n) is 15.6. The Labute approximate surface area is 161 Å². The van der Waals surface area contributed by atoms with Crippen LogP contribution in [0.15, 0.2) is 42.6 Å². The van der Waals surface area contributed by atoms with E-state index in [4.69, 9.17) is 0 Å². The fourth-order valence-corrected chi connectivity index (χ4v) is 3.06. The van der Waals surface area contributed by atoms with Crippen LogP contribution >= 0.6 is 0 Å². The molecule has 1 aromatic heterocycles. The molecule has 28 heavy (non-hydrogen) atoms. The first kappa shape index (κ1) is 20.1. The molecule has 1 aliphatic heterocycles. The summed E-state index contributed by atoms with van der Waals surface area (Å²) in [6.07, 6.45) is -2.67. The van der Waals surface area contributed by atoms with Crippen LogP contribution in [0.3, 0.4) is 0 Å². The van der Waals surface area contributed by atoms with Crippen LogP contribution in [-0.2, 0) is 4.79 Å². The molecule has 0 unspecified atom stereocenters. The predicted molar refractivity (Wildman–Crippen MR) is 99.8 cm³/mol. The van der Waals surface area contributed by atoms with Crippen molar-refractivity contribution in [3.8, 4) is 11.4 Å². The summed E-state index contributed by atoms with van der Waals surface area (Å²) in [4.78, 5) is 25.6. The number of carbonyl (C=O) groups is 1. The lowest BCUT2D eigenvalue weighted by Gasteiger charge is -2.35. The monoisotopic (exact) mass is 393 g/mol. The maximum absolute atomic E-state index is 12.4. The van der Waals surface area contributed by atoms with Gasteiger partial charge in [-0.2, -0.15) is 13.2 Å². The van der Waals surface area contributed by atoms with Gasteiger partial charge in [0, 0.05) is 45.0 Å². The largest absolute Gasteiger partial charge is 0.406 e. The number of aromatic nitrogens is 2. The summed E-state index contributed by atoms with van der Waals surface area (Å²) < 4.78 is 37.2. The highest BCUT2D eigenvalue weighted by Gasteiger charge is 2.32. The average molecular weight is 393 g/mol. The summed E-state index contributed by atoms with van der Waals surface area (Å²) in [7, 11) is 1.18. The van der Waals surface area contributed by atoms with Gasteiger partial charge in [0.05, 0.1) is 6.54 Å². The number of nitrogens with zero attached hydrogens (tertiary/aromatic N) is 5. The number of hydrogen-bond acceptors (Lipinski definition) is 5. The lowest BCUT2D eigenvalue weighted by Crippen LogP contribution is -2.50. The predicted octanol–water partition coefficient (Wildman–Crippen LogP) is 2.29. The van der Waals surface area contributed by atoms with E-state index >= 15 is 0 Å². The molecule has 0 saturated carbocycles. The molecule has 1 aliphatic rings. The zero-order chi connectivity index (χ0) is 20.1. The Kier molecular flexibility index (Phi) is 6.13. The van der Waals surface area contributed by atoms with E-state index in [0.29, 0.717) is 32.0 Å². The lowest BCUT2D eigenvalue weighted by atomic mass is 10.2. The van der Waals surface area contributed by atoms with Gasteiger partial charge in [0.1, 0.15) is 12.4 Å². The number of carbonyl (C=O) groups excluding carboxylic acids is 1. The van der Waals surface area contributed by atoms with E-state index in [1.165, 1.54) is 7.05 Å². The maximum atomic E-state index is 12.4. The number of anilines is 1. The standard InChI is InChI=1S/C19H22F3N5O/c1-25(14-19(20,21)22)17(28)13-26-9-11-27(12-10-26)16-7-8-23-18(24-16)15-5-3-2-4-6-15/h2-8H,9-14H2,1H3. The van der Waals surface area contributed by atoms with E-state index in [9.17, 15) is 18.0 Å². The van der Waals surface area contributed by atoms with Crippen molar-refractivity contribution in [1.82, 2.24) is 19.8 Å². The minimum atomic E-state index is -4.38. The third-order valence-electron chi connectivity index (χ3n) is 4.57. The summed E-state index contributed by atoms with van der Waals surface area (Å²) in [5.74, 6) is 0.915. The fourth-order valence-electron chi connectivity index (χ4n) is 3.06. The molecule has 1 saturated heterocycles. The molecule has 0 N–H and O–H groups in total. The van der Waals surface area contributed by atoms with E-state index in [0.717, 1.165) is 16.3 Å². The van der Waals surface area contributed by atoms with Crippen LogP contribution in [0.2, 0.25) is 0 Å². The van der Waals surface area contributed by atoms with Crippen molar-refractivity contribution in [3.05, 3.63) is 42.6 Å². The van der Waals surface area contributed by atoms with Crippen molar-refractivity contribution in [2.24, 2.45) is 0 Å². The smallest absolute Gasteiger partial charge is 0.354 e. The first-order valence-corrected chi connectivity index (χ1v) is 8.98. The molecule has 2 heterocycles. The first-order chi connectivity index (χ1) is 13.3. The number of hydrogen-bond donors (Lipinski definition) is 0. The topological polar surface area (TPSA) is 52.6 Å². The number of halogens is 3. The molecule has 0 spiro atoms. The molecule has 9 heteroatoms. The van der Waals surface area contributed by atoms with E-state index in [1.54, 1.807) is 6.20 Å². The van der Waals surface area contributed by atoms with Crippen molar-refractivity contribution in [2.45, 2.75) is 6.18 Å². The Morgan fingerprint density at radius 3 is 2.43 bits per heavy atom. The van der Waals surface area contributed by atoms with Crippen molar-refractivity contribution >= 4 is 11.7 Å². The van der Waals surface area contributed by atoms with Crippen LogP contribution in [0, 0.1) is 0 Å². The van der Waals surface area contributed by atoms with Gasteiger partial charge in [0.15, 0.2) is 5.82 Å². The summed E-state index contributed by atoms with van der Waals surface area (Å²) in [6.45, 7) is 1.20. The van der Waals surface area contributed by atoms with Crippen LogP contribution < -0.4 is 4.90 Å². The number of alkyl halides is 3. The maximum Gasteiger partial charge on any atom is 0.406 e. The highest BCUT2D eigenvalue weighted by molar-refractivity contribution is 5.78. The number of benzene rings is 1. The van der Waals surface area contributed by atoms with E-state index in [-0.39, 0.29) is 6.54 Å². The van der Waals surface area contributed by atoms with Gasteiger partial charge in [0.2, 0.25) is 5.91 Å². The number of rotatable bonds is 5. The van der Waals surface area contributed by atoms with Gasteiger partial charge in [-0.1, -0.05) is 30.3 Å². The molecule has 1 amide bonds. The highest BCUT2D eigenvalue weighted by atomic mass is 19.4. The Hall–Kier alpha value is -2.68. The van der Waals surface area contributed by atoms with Gasteiger partial charge in [0.25, 0.3) is 0 Å². The van der Waals surface area contributed by atoms with Gasteiger partial charge in [-0.05, 0) is 6.07 Å². The second-order valence-electron chi connectivity index (χ2n) is 6.73. The van der Waals surface area contributed by atoms with Crippen LogP contribution in [0.25, 0.3) is 11.4 Å². The van der Waals surface area contributed by atoms with Crippen molar-refractivity contribution < 1.29 is 18.0 Å². The van der Waals surface area contributed by atoms with Gasteiger partial charge in [-0.3, -0.25) is 9.69 Å². The van der Waals surface area contributed by atoms with Crippen molar-refractivity contribution in [2.75, 3.05) is 51.2 Å². The van der Waals surface area contributed by atoms with Crippen LogP contribution in [0.4, 0.5) is 19.0 Å². The normalized spacial score (nSPS) is 15.5. The van der Waals surface area contributed by atoms with Gasteiger partial charge < -0.3 is 9.80 Å². The molecule has 0 atom stereocenters. The quantitative estimate of drug-likeness (QED) is 0.780. The Morgan fingerprint density at radius 2 is 1.79 bits per heavy atom. The second kappa shape index (κ2) is 8.55. The molecule has 0 bridgehead atoms. The van der Waals surface area contributed by atoms with Gasteiger partial charge in [-0.15, -0.1) is 0 Å². The molecule has 0 aliphatic carbocycles. The van der Waals surface area contributed by atoms with E-state index in [1.807, 2.05) is 41.3 Å². The van der Waals surface area contributed by atoms with Crippen molar-refractivity contribution in [3.63, 3.8) is 0 Å². The molecule has 2 aromatic rings. The van der Waals surface area contributed by atoms with Crippen LogP contribution in [-0.4, -0.2) is 78.2 Å². The van der Waals surface area contributed by atoms with E-state index < -0.39 is 18.6 Å². The minimum Gasteiger partial charge on any atom is -0.354 e. The SMILES string of the molecule is CN(CC(F)(F)F)C(=O)CN1CCN(c2ccnc(-c3ccccc3)n2)CC1. The minimum absolute atomic E-state index is 0.0144. The van der Waals surface area contributed by atoms with Crippen molar-refractivity contribution in [1.29, 1.82) is 0 Å². The molecule has 1 aromatic carbocycles. The highest BCUT2D eigenvalue weighted by Crippen LogP contribution is 2.19. The summed E-state index contributed by atoms with van der Waals surface area (Å²) in [5, 5.41) is 0. The molecule has 150 valence electrons. The van der Waals surface area contributed by atoms with Gasteiger partial charge in [-0.25, -0.2) is 9.97 Å². The molecule has 6 nitrogen and oxygen atoms in total. The van der Waals surface area contributed by atoms with E-state index in [2.05, 4.69) is 14.9 Å². The number of amides is 1. The fraction of sp³-hybridized carbons (Fsp3) is 0.421. The molecular weight excluding hydrogens is 371 g/mol. The third kappa shape index (κ3) is 5.41. The zero-order valence-corrected chi connectivity index (χ0v) is 15.6. The molecule has 0 radical (unpaired) electrons. The molecule has 3 rings (SSSR count). The van der Waals surface area contributed by atoms with Gasteiger partial charge >= 0.3 is 6.18 Å². The Bertz CT molecular complexity index is 792. The van der Waals surface area contributed by atoms with Crippen LogP contribution in [0.5, 0.6) is 0 Å². The first-order valence-electron chi connectivity index (χ1n) is 8.98.